The van der Waals surface area contributed by atoms with Crippen molar-refractivity contribution in [2.75, 3.05) is 0 Å². The molecule has 0 saturated heterocycles. The lowest BCUT2D eigenvalue weighted by Gasteiger charge is -2.22. The van der Waals surface area contributed by atoms with E-state index in [2.05, 4.69) is 97.1 Å². The molecule has 0 spiro atoms. The smallest absolute Gasteiger partial charge is 0.0149 e. The highest BCUT2D eigenvalue weighted by Gasteiger charge is 2.17. The van der Waals surface area contributed by atoms with E-state index in [1.54, 1.807) is 11.1 Å². The van der Waals surface area contributed by atoms with Crippen molar-refractivity contribution in [1.29, 1.82) is 0 Å². The number of aryl methyl sites for hydroxylation is 2. The van der Waals surface area contributed by atoms with E-state index in [9.17, 15) is 0 Å². The van der Waals surface area contributed by atoms with Gasteiger partial charge in [-0.2, -0.15) is 0 Å². The Morgan fingerprint density at radius 3 is 1.14 bits per heavy atom. The van der Waals surface area contributed by atoms with Gasteiger partial charge in [-0.3, -0.25) is 0 Å². The zero-order valence-electron chi connectivity index (χ0n) is 16.1. The number of benzene rings is 4. The average molecular weight is 361 g/mol. The standard InChI is InChI=1S/2C14H12/c2*1-2-5-11(6-3-1)13-8-4-7-12-9-10-14(12)13/h2*1-8H,9-10H2. The quantitative estimate of drug-likeness (QED) is 0.364. The minimum absolute atomic E-state index is 1.25. The number of hydrogen-bond acceptors (Lipinski definition) is 0. The molecule has 0 fully saturated rings. The molecule has 0 unspecified atom stereocenters. The Bertz CT molecular complexity index is 1000. The molecule has 0 nitrogen and oxygen atoms in total. The van der Waals surface area contributed by atoms with Gasteiger partial charge in [0.05, 0.1) is 0 Å². The van der Waals surface area contributed by atoms with Crippen molar-refractivity contribution in [3.05, 3.63) is 119 Å². The van der Waals surface area contributed by atoms with E-state index in [-0.39, 0.29) is 0 Å². The van der Waals surface area contributed by atoms with Gasteiger partial charge in [-0.15, -0.1) is 0 Å². The Kier molecular flexibility index (Phi) is 4.54. The van der Waals surface area contributed by atoms with Crippen LogP contribution in [0.2, 0.25) is 0 Å². The van der Waals surface area contributed by atoms with Gasteiger partial charge < -0.3 is 0 Å². The topological polar surface area (TPSA) is 0 Å². The molecule has 0 aliphatic heterocycles. The van der Waals surface area contributed by atoms with Crippen LogP contribution >= 0.6 is 0 Å². The minimum Gasteiger partial charge on any atom is -0.0622 e. The van der Waals surface area contributed by atoms with Crippen molar-refractivity contribution in [3.8, 4) is 22.3 Å². The molecular weight excluding hydrogens is 336 g/mol. The molecule has 0 atom stereocenters. The maximum absolute atomic E-state index is 2.24. The highest BCUT2D eigenvalue weighted by atomic mass is 14.2. The molecule has 0 radical (unpaired) electrons. The summed E-state index contributed by atoms with van der Waals surface area (Å²) in [5.41, 5.74) is 11.7. The molecule has 136 valence electrons. The molecular formula is C28H24. The SMILES string of the molecule is c1ccc(-c2cccc3c2CC3)cc1.c1ccc(-c2cccc3c2CC3)cc1. The van der Waals surface area contributed by atoms with Gasteiger partial charge in [0.1, 0.15) is 0 Å². The molecule has 0 amide bonds. The minimum atomic E-state index is 1.25. The Morgan fingerprint density at radius 1 is 0.357 bits per heavy atom. The van der Waals surface area contributed by atoms with E-state index >= 15 is 0 Å². The first-order valence-electron chi connectivity index (χ1n) is 10.2. The van der Waals surface area contributed by atoms with E-state index in [0.29, 0.717) is 0 Å². The van der Waals surface area contributed by atoms with Gasteiger partial charge in [-0.05, 0) is 70.2 Å². The molecule has 4 aromatic rings. The molecule has 0 bridgehead atoms. The molecule has 0 saturated carbocycles. The first kappa shape index (κ1) is 17.0. The van der Waals surface area contributed by atoms with Crippen LogP contribution in [0.15, 0.2) is 97.1 Å². The van der Waals surface area contributed by atoms with Crippen LogP contribution in [0.1, 0.15) is 22.3 Å². The molecule has 6 rings (SSSR count). The first-order chi connectivity index (χ1) is 13.9. The summed E-state index contributed by atoms with van der Waals surface area (Å²) in [6.07, 6.45) is 5.02. The summed E-state index contributed by atoms with van der Waals surface area (Å²) < 4.78 is 0. The summed E-state index contributed by atoms with van der Waals surface area (Å²) in [6, 6.07) is 34.6. The second kappa shape index (κ2) is 7.48. The fourth-order valence-corrected chi connectivity index (χ4v) is 4.27. The van der Waals surface area contributed by atoms with Crippen LogP contribution in [0, 0.1) is 0 Å². The highest BCUT2D eigenvalue weighted by Crippen LogP contribution is 2.34. The third-order valence-electron chi connectivity index (χ3n) is 6.00. The van der Waals surface area contributed by atoms with E-state index in [0.717, 1.165) is 0 Å². The Hall–Kier alpha value is -3.12. The van der Waals surface area contributed by atoms with Gasteiger partial charge in [-0.25, -0.2) is 0 Å². The van der Waals surface area contributed by atoms with Crippen molar-refractivity contribution in [1.82, 2.24) is 0 Å². The largest absolute Gasteiger partial charge is 0.0622 e. The zero-order valence-corrected chi connectivity index (χ0v) is 16.1. The van der Waals surface area contributed by atoms with Crippen LogP contribution < -0.4 is 0 Å². The molecule has 28 heavy (non-hydrogen) atoms. The normalized spacial score (nSPS) is 13.1. The molecule has 2 aliphatic rings. The number of hydrogen-bond donors (Lipinski definition) is 0. The van der Waals surface area contributed by atoms with Crippen LogP contribution in [0.4, 0.5) is 0 Å². The Balaban J connectivity index is 0.000000122. The van der Waals surface area contributed by atoms with Gasteiger partial charge in [0.25, 0.3) is 0 Å². The van der Waals surface area contributed by atoms with Gasteiger partial charge in [0.15, 0.2) is 0 Å². The van der Waals surface area contributed by atoms with Crippen LogP contribution in [-0.4, -0.2) is 0 Å². The van der Waals surface area contributed by atoms with E-state index in [1.165, 1.54) is 59.1 Å². The van der Waals surface area contributed by atoms with Gasteiger partial charge >= 0.3 is 0 Å². The van der Waals surface area contributed by atoms with Crippen molar-refractivity contribution in [2.24, 2.45) is 0 Å². The fourth-order valence-electron chi connectivity index (χ4n) is 4.27. The summed E-state index contributed by atoms with van der Waals surface area (Å²) in [4.78, 5) is 0. The number of rotatable bonds is 2. The fraction of sp³-hybridized carbons (Fsp3) is 0.143. The molecule has 0 N–H and O–H groups in total. The predicted octanol–water partition coefficient (Wildman–Crippen LogP) is 6.90. The Morgan fingerprint density at radius 2 is 0.786 bits per heavy atom. The number of fused-ring (bicyclic) bond motifs is 2. The molecule has 4 aromatic carbocycles. The molecule has 0 heterocycles. The van der Waals surface area contributed by atoms with Gasteiger partial charge in [0.2, 0.25) is 0 Å². The van der Waals surface area contributed by atoms with Crippen LogP contribution in [-0.2, 0) is 25.7 Å². The van der Waals surface area contributed by atoms with E-state index in [4.69, 9.17) is 0 Å². The van der Waals surface area contributed by atoms with Crippen molar-refractivity contribution in [3.63, 3.8) is 0 Å². The Labute approximate surface area is 167 Å². The lowest BCUT2D eigenvalue weighted by Crippen LogP contribution is -2.09. The summed E-state index contributed by atoms with van der Waals surface area (Å²) in [5, 5.41) is 0. The maximum atomic E-state index is 2.24. The van der Waals surface area contributed by atoms with Crippen LogP contribution in [0.5, 0.6) is 0 Å². The second-order valence-electron chi connectivity index (χ2n) is 7.62. The monoisotopic (exact) mass is 360 g/mol. The predicted molar refractivity (Wildman–Crippen MR) is 119 cm³/mol. The van der Waals surface area contributed by atoms with Crippen molar-refractivity contribution >= 4 is 0 Å². The second-order valence-corrected chi connectivity index (χ2v) is 7.62. The lowest BCUT2D eigenvalue weighted by molar-refractivity contribution is 0.842. The van der Waals surface area contributed by atoms with Crippen molar-refractivity contribution < 1.29 is 0 Å². The molecule has 0 aromatic heterocycles. The van der Waals surface area contributed by atoms with Gasteiger partial charge in [-0.1, -0.05) is 97.1 Å². The molecule has 2 aliphatic carbocycles. The maximum Gasteiger partial charge on any atom is -0.0149 e. The molecule has 0 heteroatoms. The van der Waals surface area contributed by atoms with E-state index in [1.807, 2.05) is 0 Å². The highest BCUT2D eigenvalue weighted by molar-refractivity contribution is 5.71. The van der Waals surface area contributed by atoms with Crippen LogP contribution in [0.25, 0.3) is 22.3 Å². The summed E-state index contributed by atoms with van der Waals surface area (Å²) in [6.45, 7) is 0. The third-order valence-corrected chi connectivity index (χ3v) is 6.00. The average Bonchev–Trinajstić information content (AvgIpc) is 2.71. The summed E-state index contributed by atoms with van der Waals surface area (Å²) in [5.74, 6) is 0. The first-order valence-corrected chi connectivity index (χ1v) is 10.2. The third kappa shape index (κ3) is 3.16. The zero-order chi connectivity index (χ0) is 18.8. The van der Waals surface area contributed by atoms with Crippen molar-refractivity contribution in [2.45, 2.75) is 25.7 Å². The summed E-state index contributed by atoms with van der Waals surface area (Å²) >= 11 is 0. The summed E-state index contributed by atoms with van der Waals surface area (Å²) in [7, 11) is 0. The van der Waals surface area contributed by atoms with Gasteiger partial charge in [0, 0.05) is 0 Å². The van der Waals surface area contributed by atoms with Crippen LogP contribution in [0.3, 0.4) is 0 Å². The lowest BCUT2D eigenvalue weighted by atomic mass is 9.83. The van der Waals surface area contributed by atoms with E-state index < -0.39 is 0 Å².